The van der Waals surface area contributed by atoms with Crippen molar-refractivity contribution >= 4 is 5.91 Å². The van der Waals surface area contributed by atoms with E-state index in [1.54, 1.807) is 0 Å². The van der Waals surface area contributed by atoms with Crippen LogP contribution in [0.15, 0.2) is 0 Å². The second-order valence-electron chi connectivity index (χ2n) is 3.97. The first-order valence-electron chi connectivity index (χ1n) is 5.51. The van der Waals surface area contributed by atoms with Crippen molar-refractivity contribution in [3.8, 4) is 0 Å². The van der Waals surface area contributed by atoms with E-state index < -0.39 is 11.9 Å². The first-order valence-corrected chi connectivity index (χ1v) is 5.51. The fourth-order valence-corrected chi connectivity index (χ4v) is 1.81. The Morgan fingerprint density at radius 2 is 2.40 bits per heavy atom. The van der Waals surface area contributed by atoms with Gasteiger partial charge in [-0.25, -0.2) is 0 Å². The van der Waals surface area contributed by atoms with Crippen LogP contribution in [0.4, 0.5) is 0 Å². The van der Waals surface area contributed by atoms with Crippen molar-refractivity contribution in [2.24, 2.45) is 11.5 Å². The van der Waals surface area contributed by atoms with Crippen molar-refractivity contribution in [3.05, 3.63) is 0 Å². The predicted octanol–water partition coefficient (Wildman–Crippen LogP) is -0.700. The third kappa shape index (κ3) is 3.77. The lowest BCUT2D eigenvalue weighted by Crippen LogP contribution is -2.47. The Labute approximate surface area is 90.7 Å². The molecule has 88 valence electrons. The van der Waals surface area contributed by atoms with Gasteiger partial charge >= 0.3 is 0 Å². The number of hydrogen-bond acceptors (Lipinski definition) is 4. The molecule has 0 aromatic heterocycles. The van der Waals surface area contributed by atoms with Crippen LogP contribution in [-0.4, -0.2) is 49.2 Å². The van der Waals surface area contributed by atoms with Crippen LogP contribution < -0.4 is 11.5 Å². The van der Waals surface area contributed by atoms with Gasteiger partial charge in [-0.3, -0.25) is 9.69 Å². The van der Waals surface area contributed by atoms with E-state index in [1.807, 2.05) is 0 Å². The molecule has 5 nitrogen and oxygen atoms in total. The maximum absolute atomic E-state index is 10.8. The van der Waals surface area contributed by atoms with E-state index in [1.165, 1.54) is 0 Å². The van der Waals surface area contributed by atoms with Gasteiger partial charge in [0.2, 0.25) is 5.91 Å². The summed E-state index contributed by atoms with van der Waals surface area (Å²) in [5, 5.41) is 0. The molecule has 1 rings (SSSR count). The third-order valence-corrected chi connectivity index (χ3v) is 2.91. The van der Waals surface area contributed by atoms with Crippen molar-refractivity contribution < 1.29 is 9.53 Å². The SMILES string of the molecule is CCC1COCCN1CCC(N)C(N)=O. The van der Waals surface area contributed by atoms with E-state index in [4.69, 9.17) is 16.2 Å². The zero-order valence-corrected chi connectivity index (χ0v) is 9.32. The minimum Gasteiger partial charge on any atom is -0.378 e. The van der Waals surface area contributed by atoms with Crippen molar-refractivity contribution in [1.82, 2.24) is 4.90 Å². The molecule has 2 atom stereocenters. The summed E-state index contributed by atoms with van der Waals surface area (Å²) in [7, 11) is 0. The van der Waals surface area contributed by atoms with Gasteiger partial charge < -0.3 is 16.2 Å². The summed E-state index contributed by atoms with van der Waals surface area (Å²) in [5.74, 6) is -0.420. The maximum atomic E-state index is 10.8. The molecular weight excluding hydrogens is 194 g/mol. The topological polar surface area (TPSA) is 81.6 Å². The molecule has 1 amide bonds. The molecule has 5 heteroatoms. The van der Waals surface area contributed by atoms with Gasteiger partial charge in [0.25, 0.3) is 0 Å². The maximum Gasteiger partial charge on any atom is 0.234 e. The van der Waals surface area contributed by atoms with Gasteiger partial charge in [0.15, 0.2) is 0 Å². The van der Waals surface area contributed by atoms with Crippen LogP contribution in [0.1, 0.15) is 19.8 Å². The van der Waals surface area contributed by atoms with E-state index in [0.717, 1.165) is 32.7 Å². The number of amides is 1. The summed E-state index contributed by atoms with van der Waals surface area (Å²) in [6.45, 7) is 5.43. The summed E-state index contributed by atoms with van der Waals surface area (Å²) in [6.07, 6.45) is 1.69. The van der Waals surface area contributed by atoms with Gasteiger partial charge in [0, 0.05) is 19.1 Å². The molecule has 4 N–H and O–H groups in total. The fourth-order valence-electron chi connectivity index (χ4n) is 1.81. The first kappa shape index (κ1) is 12.4. The standard InChI is InChI=1S/C10H21N3O2/c1-2-8-7-15-6-5-13(8)4-3-9(11)10(12)14/h8-9H,2-7,11H2,1H3,(H2,12,14). The molecule has 1 fully saturated rings. The van der Waals surface area contributed by atoms with Crippen LogP contribution in [-0.2, 0) is 9.53 Å². The van der Waals surface area contributed by atoms with Gasteiger partial charge in [-0.2, -0.15) is 0 Å². The lowest BCUT2D eigenvalue weighted by Gasteiger charge is -2.35. The summed E-state index contributed by atoms with van der Waals surface area (Å²) < 4.78 is 5.39. The summed E-state index contributed by atoms with van der Waals surface area (Å²) in [6, 6.07) is -0.0656. The quantitative estimate of drug-likeness (QED) is 0.635. The smallest absolute Gasteiger partial charge is 0.234 e. The van der Waals surface area contributed by atoms with Gasteiger partial charge in [-0.1, -0.05) is 6.92 Å². The van der Waals surface area contributed by atoms with Gasteiger partial charge in [0.05, 0.1) is 19.3 Å². The fraction of sp³-hybridized carbons (Fsp3) is 0.900. The van der Waals surface area contributed by atoms with Crippen LogP contribution in [0.25, 0.3) is 0 Å². The van der Waals surface area contributed by atoms with E-state index in [-0.39, 0.29) is 0 Å². The third-order valence-electron chi connectivity index (χ3n) is 2.91. The molecule has 0 aromatic carbocycles. The molecule has 0 saturated carbocycles. The Hall–Kier alpha value is -0.650. The number of morpholine rings is 1. The number of nitrogens with two attached hydrogens (primary N) is 2. The number of rotatable bonds is 5. The normalized spacial score (nSPS) is 25.1. The molecule has 2 unspecified atom stereocenters. The Bertz CT molecular complexity index is 211. The Morgan fingerprint density at radius 1 is 1.67 bits per heavy atom. The van der Waals surface area contributed by atoms with Crippen molar-refractivity contribution in [2.45, 2.75) is 31.8 Å². The molecule has 1 heterocycles. The van der Waals surface area contributed by atoms with Crippen molar-refractivity contribution in [1.29, 1.82) is 0 Å². The van der Waals surface area contributed by atoms with Crippen LogP contribution >= 0.6 is 0 Å². The molecule has 0 spiro atoms. The van der Waals surface area contributed by atoms with Gasteiger partial charge in [0.1, 0.15) is 0 Å². The minimum absolute atomic E-state index is 0.420. The second-order valence-corrected chi connectivity index (χ2v) is 3.97. The van der Waals surface area contributed by atoms with Crippen LogP contribution in [0.3, 0.4) is 0 Å². The monoisotopic (exact) mass is 215 g/mol. The van der Waals surface area contributed by atoms with Crippen LogP contribution in [0.2, 0.25) is 0 Å². The molecule has 1 aliphatic heterocycles. The predicted molar refractivity (Wildman–Crippen MR) is 58.3 cm³/mol. The highest BCUT2D eigenvalue weighted by molar-refractivity contribution is 5.79. The Kier molecular flexibility index (Phi) is 5.01. The highest BCUT2D eigenvalue weighted by Gasteiger charge is 2.22. The number of ether oxygens (including phenoxy) is 1. The first-order chi connectivity index (χ1) is 7.15. The number of primary amides is 1. The largest absolute Gasteiger partial charge is 0.378 e. The van der Waals surface area contributed by atoms with E-state index in [0.29, 0.717) is 12.5 Å². The molecule has 1 aliphatic rings. The van der Waals surface area contributed by atoms with E-state index in [9.17, 15) is 4.79 Å². The Balaban J connectivity index is 2.32. The van der Waals surface area contributed by atoms with Crippen LogP contribution in [0, 0.1) is 0 Å². The van der Waals surface area contributed by atoms with Crippen LogP contribution in [0.5, 0.6) is 0 Å². The number of carbonyl (C=O) groups excluding carboxylic acids is 1. The number of hydrogen-bond donors (Lipinski definition) is 2. The number of nitrogens with zero attached hydrogens (tertiary/aromatic N) is 1. The highest BCUT2D eigenvalue weighted by Crippen LogP contribution is 2.10. The average Bonchev–Trinajstić information content (AvgIpc) is 2.26. The summed E-state index contributed by atoms with van der Waals surface area (Å²) >= 11 is 0. The molecule has 0 bridgehead atoms. The molecular formula is C10H21N3O2. The lowest BCUT2D eigenvalue weighted by atomic mass is 10.1. The average molecular weight is 215 g/mol. The van der Waals surface area contributed by atoms with Crippen molar-refractivity contribution in [2.75, 3.05) is 26.3 Å². The minimum atomic E-state index is -0.523. The molecule has 1 saturated heterocycles. The molecule has 0 aromatic rings. The molecule has 0 aliphatic carbocycles. The Morgan fingerprint density at radius 3 is 3.00 bits per heavy atom. The molecule has 15 heavy (non-hydrogen) atoms. The van der Waals surface area contributed by atoms with Gasteiger partial charge in [-0.15, -0.1) is 0 Å². The number of carbonyl (C=O) groups is 1. The molecule has 0 radical (unpaired) electrons. The highest BCUT2D eigenvalue weighted by atomic mass is 16.5. The zero-order valence-electron chi connectivity index (χ0n) is 9.32. The summed E-state index contributed by atoms with van der Waals surface area (Å²) in [4.78, 5) is 13.1. The van der Waals surface area contributed by atoms with E-state index in [2.05, 4.69) is 11.8 Å². The second kappa shape index (κ2) is 6.05. The van der Waals surface area contributed by atoms with E-state index >= 15 is 0 Å². The summed E-state index contributed by atoms with van der Waals surface area (Å²) in [5.41, 5.74) is 10.7. The van der Waals surface area contributed by atoms with Crippen molar-refractivity contribution in [3.63, 3.8) is 0 Å². The van der Waals surface area contributed by atoms with Gasteiger partial charge in [-0.05, 0) is 12.8 Å². The lowest BCUT2D eigenvalue weighted by molar-refractivity contribution is -0.119. The zero-order chi connectivity index (χ0) is 11.3.